The molecular weight excluding hydrogens is 248 g/mol. The minimum atomic E-state index is -1.01. The predicted molar refractivity (Wildman–Crippen MR) is 72.1 cm³/mol. The number of hydrogen-bond acceptors (Lipinski definition) is 4. The van der Waals surface area contributed by atoms with Crippen molar-refractivity contribution in [3.63, 3.8) is 0 Å². The van der Waals surface area contributed by atoms with Crippen LogP contribution in [0.3, 0.4) is 0 Å². The molecule has 7 nitrogen and oxygen atoms in total. The van der Waals surface area contributed by atoms with E-state index in [2.05, 4.69) is 11.1 Å². The number of quaternary nitrogens is 1. The number of aliphatic carboxylic acids is 1. The van der Waals surface area contributed by atoms with Crippen molar-refractivity contribution in [3.8, 4) is 0 Å². The molecule has 2 atom stereocenters. The van der Waals surface area contributed by atoms with Gasteiger partial charge in [0.1, 0.15) is 6.04 Å². The normalized spacial score (nSPS) is 13.8. The van der Waals surface area contributed by atoms with Crippen molar-refractivity contribution in [2.45, 2.75) is 50.6 Å². The highest BCUT2D eigenvalue weighted by Gasteiger charge is 2.24. The third-order valence-electron chi connectivity index (χ3n) is 2.94. The van der Waals surface area contributed by atoms with Crippen molar-refractivity contribution < 1.29 is 20.4 Å². The van der Waals surface area contributed by atoms with Gasteiger partial charge in [0.25, 0.3) is 5.91 Å². The van der Waals surface area contributed by atoms with Gasteiger partial charge in [0.15, 0.2) is 6.04 Å². The summed E-state index contributed by atoms with van der Waals surface area (Å²) in [6, 6.07) is -1.28. The predicted octanol–water partition coefficient (Wildman–Crippen LogP) is -1.58. The minimum Gasteiger partial charge on any atom is -0.480 e. The molecule has 0 bridgehead atoms. The maximum Gasteiger partial charge on any atom is 0.326 e. The molecule has 0 heterocycles. The first-order valence-electron chi connectivity index (χ1n) is 6.79. The summed E-state index contributed by atoms with van der Waals surface area (Å²) in [5.41, 5.74) is 14.5. The molecule has 1 amide bonds. The van der Waals surface area contributed by atoms with Crippen LogP contribution in [-0.4, -0.2) is 42.2 Å². The van der Waals surface area contributed by atoms with E-state index in [0.717, 1.165) is 19.3 Å². The van der Waals surface area contributed by atoms with Gasteiger partial charge in [-0.15, -0.1) is 0 Å². The molecule has 0 spiro atoms. The number of unbranched alkanes of at least 4 members (excludes halogenated alkanes) is 2. The molecule has 7 heteroatoms. The van der Waals surface area contributed by atoms with Gasteiger partial charge >= 0.3 is 5.97 Å². The summed E-state index contributed by atoms with van der Waals surface area (Å²) in [5.74, 6) is -1.32. The van der Waals surface area contributed by atoms with Crippen LogP contribution in [0, 0.1) is 0 Å². The smallest absolute Gasteiger partial charge is 0.326 e. The van der Waals surface area contributed by atoms with Gasteiger partial charge in [-0.3, -0.25) is 4.79 Å². The monoisotopic (exact) mass is 275 g/mol. The maximum absolute atomic E-state index is 11.8. The van der Waals surface area contributed by atoms with Gasteiger partial charge in [-0.05, 0) is 45.2 Å². The molecule has 0 saturated heterocycles. The van der Waals surface area contributed by atoms with Crippen molar-refractivity contribution in [3.05, 3.63) is 0 Å². The number of carbonyl (C=O) groups excluding carboxylic acids is 1. The quantitative estimate of drug-likeness (QED) is 0.289. The molecule has 19 heavy (non-hydrogen) atoms. The van der Waals surface area contributed by atoms with E-state index >= 15 is 0 Å². The van der Waals surface area contributed by atoms with Gasteiger partial charge < -0.3 is 27.6 Å². The van der Waals surface area contributed by atoms with Crippen LogP contribution in [0.1, 0.15) is 38.5 Å². The molecule has 112 valence electrons. The number of nitrogens with one attached hydrogen (secondary N) is 1. The topological polar surface area (TPSA) is 146 Å². The molecule has 0 radical (unpaired) electrons. The molecule has 0 aliphatic heterocycles. The molecule has 0 aromatic rings. The van der Waals surface area contributed by atoms with Gasteiger partial charge in [0.05, 0.1) is 0 Å². The van der Waals surface area contributed by atoms with E-state index in [1.165, 1.54) is 0 Å². The fraction of sp³-hybridized carbons (Fsp3) is 0.833. The van der Waals surface area contributed by atoms with E-state index in [4.69, 9.17) is 16.6 Å². The van der Waals surface area contributed by atoms with Crippen LogP contribution in [0.2, 0.25) is 0 Å². The molecule has 0 aromatic carbocycles. The molecule has 0 fully saturated rings. The van der Waals surface area contributed by atoms with Crippen LogP contribution in [-0.2, 0) is 9.59 Å². The second-order valence-electron chi connectivity index (χ2n) is 4.67. The highest BCUT2D eigenvalue weighted by Crippen LogP contribution is 2.02. The molecular formula is C12H27N4O3+. The lowest BCUT2D eigenvalue weighted by Gasteiger charge is -2.16. The van der Waals surface area contributed by atoms with Crippen molar-refractivity contribution in [1.29, 1.82) is 0 Å². The van der Waals surface area contributed by atoms with E-state index in [0.29, 0.717) is 32.4 Å². The van der Waals surface area contributed by atoms with Crippen molar-refractivity contribution in [1.82, 2.24) is 5.32 Å². The second-order valence-corrected chi connectivity index (χ2v) is 4.67. The first-order chi connectivity index (χ1) is 9.02. The number of rotatable bonds is 11. The Labute approximate surface area is 113 Å². The zero-order valence-electron chi connectivity index (χ0n) is 11.4. The van der Waals surface area contributed by atoms with Crippen molar-refractivity contribution in [2.24, 2.45) is 11.5 Å². The SMILES string of the molecule is NCCCCC(NC(=O)[C@@H]([NH3+])CCCCN)C(=O)O. The summed E-state index contributed by atoms with van der Waals surface area (Å²) < 4.78 is 0. The summed E-state index contributed by atoms with van der Waals surface area (Å²) in [5, 5.41) is 11.6. The fourth-order valence-corrected chi connectivity index (χ4v) is 1.71. The number of carboxylic acid groups (broad SMARTS) is 1. The Hall–Kier alpha value is -1.18. The standard InChI is InChI=1S/C12H26N4O3/c13-7-3-1-5-9(15)11(17)16-10(12(18)19)6-2-4-8-14/h9-10H,1-8,13-15H2,(H,16,17)(H,18,19)/p+1/t9-,10?/m0/s1. The zero-order valence-corrected chi connectivity index (χ0v) is 11.4. The lowest BCUT2D eigenvalue weighted by molar-refractivity contribution is -0.405. The van der Waals surface area contributed by atoms with Crippen LogP contribution in [0.5, 0.6) is 0 Å². The summed E-state index contributed by atoms with van der Waals surface area (Å²) in [6.07, 6.45) is 4.12. The summed E-state index contributed by atoms with van der Waals surface area (Å²) in [7, 11) is 0. The Balaban J connectivity index is 4.11. The molecule has 0 aliphatic rings. The van der Waals surface area contributed by atoms with Gasteiger partial charge in [0, 0.05) is 6.42 Å². The number of nitrogens with two attached hydrogens (primary N) is 2. The molecule has 9 N–H and O–H groups in total. The van der Waals surface area contributed by atoms with E-state index < -0.39 is 18.1 Å². The minimum absolute atomic E-state index is 0.308. The molecule has 0 aliphatic carbocycles. The lowest BCUT2D eigenvalue weighted by Crippen LogP contribution is -2.68. The van der Waals surface area contributed by atoms with Crippen LogP contribution in [0.25, 0.3) is 0 Å². The largest absolute Gasteiger partial charge is 0.480 e. The average Bonchev–Trinajstić information content (AvgIpc) is 2.37. The number of amides is 1. The average molecular weight is 275 g/mol. The Morgan fingerprint density at radius 3 is 2.05 bits per heavy atom. The second kappa shape index (κ2) is 10.7. The molecule has 0 saturated carbocycles. The Bertz CT molecular complexity index is 274. The van der Waals surface area contributed by atoms with Crippen molar-refractivity contribution in [2.75, 3.05) is 13.1 Å². The van der Waals surface area contributed by atoms with E-state index in [9.17, 15) is 9.59 Å². The Morgan fingerprint density at radius 1 is 1.05 bits per heavy atom. The first kappa shape index (κ1) is 17.8. The van der Waals surface area contributed by atoms with E-state index in [-0.39, 0.29) is 5.91 Å². The van der Waals surface area contributed by atoms with E-state index in [1.54, 1.807) is 0 Å². The first-order valence-corrected chi connectivity index (χ1v) is 6.79. The molecule has 1 unspecified atom stereocenters. The van der Waals surface area contributed by atoms with Crippen LogP contribution in [0.15, 0.2) is 0 Å². The third-order valence-corrected chi connectivity index (χ3v) is 2.94. The lowest BCUT2D eigenvalue weighted by atomic mass is 10.1. The van der Waals surface area contributed by atoms with Gasteiger partial charge in [0.2, 0.25) is 0 Å². The fourth-order valence-electron chi connectivity index (χ4n) is 1.71. The zero-order chi connectivity index (χ0) is 14.7. The summed E-state index contributed by atoms with van der Waals surface area (Å²) in [6.45, 7) is 1.11. The number of carbonyl (C=O) groups is 2. The van der Waals surface area contributed by atoms with Gasteiger partial charge in [-0.2, -0.15) is 0 Å². The van der Waals surface area contributed by atoms with E-state index in [1.807, 2.05) is 0 Å². The van der Waals surface area contributed by atoms with Crippen LogP contribution in [0.4, 0.5) is 0 Å². The number of hydrogen-bond donors (Lipinski definition) is 5. The Morgan fingerprint density at radius 2 is 1.58 bits per heavy atom. The highest BCUT2D eigenvalue weighted by molar-refractivity contribution is 5.85. The maximum atomic E-state index is 11.8. The van der Waals surface area contributed by atoms with Crippen molar-refractivity contribution >= 4 is 11.9 Å². The summed E-state index contributed by atoms with van der Waals surface area (Å²) in [4.78, 5) is 22.8. The molecule has 0 rings (SSSR count). The third kappa shape index (κ3) is 8.52. The Kier molecular flexibility index (Phi) is 10.1. The summed E-state index contributed by atoms with van der Waals surface area (Å²) >= 11 is 0. The highest BCUT2D eigenvalue weighted by atomic mass is 16.4. The van der Waals surface area contributed by atoms with Gasteiger partial charge in [-0.1, -0.05) is 0 Å². The van der Waals surface area contributed by atoms with Gasteiger partial charge in [-0.25, -0.2) is 4.79 Å². The molecule has 0 aromatic heterocycles. The number of carboxylic acids is 1. The van der Waals surface area contributed by atoms with Crippen LogP contribution < -0.4 is 22.5 Å². The van der Waals surface area contributed by atoms with Crippen LogP contribution >= 0.6 is 0 Å².